The van der Waals surface area contributed by atoms with Gasteiger partial charge in [-0.25, -0.2) is 0 Å². The maximum Gasteiger partial charge on any atom is 0.254 e. The van der Waals surface area contributed by atoms with Crippen molar-refractivity contribution in [3.63, 3.8) is 0 Å². The van der Waals surface area contributed by atoms with E-state index in [1.54, 1.807) is 29.4 Å². The Morgan fingerprint density at radius 2 is 1.77 bits per heavy atom. The Bertz CT molecular complexity index is 1220. The minimum atomic E-state index is -0.168. The van der Waals surface area contributed by atoms with E-state index in [1.807, 2.05) is 61.5 Å². The van der Waals surface area contributed by atoms with Crippen LogP contribution in [0.4, 0.5) is 0 Å². The molecule has 0 atom stereocenters. The molecule has 0 saturated carbocycles. The van der Waals surface area contributed by atoms with Gasteiger partial charge in [0.15, 0.2) is 0 Å². The molecule has 0 aliphatic rings. The highest BCUT2D eigenvalue weighted by Crippen LogP contribution is 2.16. The lowest BCUT2D eigenvalue weighted by Crippen LogP contribution is -2.34. The Morgan fingerprint density at radius 1 is 1.00 bits per heavy atom. The van der Waals surface area contributed by atoms with Crippen molar-refractivity contribution >= 4 is 16.8 Å². The normalized spacial score (nSPS) is 10.8. The first-order valence-electron chi connectivity index (χ1n) is 9.96. The highest BCUT2D eigenvalue weighted by Gasteiger charge is 2.18. The van der Waals surface area contributed by atoms with Gasteiger partial charge in [0.05, 0.1) is 6.54 Å². The van der Waals surface area contributed by atoms with Gasteiger partial charge in [0, 0.05) is 35.6 Å². The first-order valence-corrected chi connectivity index (χ1v) is 9.96. The summed E-state index contributed by atoms with van der Waals surface area (Å²) >= 11 is 0. The standard InChI is InChI=1S/C25H23N3O2/c1-18-7-8-23-21(15-18)16-22(24(29)27-23)17-28(14-11-19-5-3-2-4-6-19)25(30)20-9-12-26-13-10-20/h2-10,12-13,15-16H,11,14,17H2,1H3,(H,27,29). The number of aromatic nitrogens is 2. The summed E-state index contributed by atoms with van der Waals surface area (Å²) in [5, 5.41) is 0.962. The minimum Gasteiger partial charge on any atom is -0.334 e. The van der Waals surface area contributed by atoms with Crippen molar-refractivity contribution in [2.75, 3.05) is 6.54 Å². The summed E-state index contributed by atoms with van der Waals surface area (Å²) in [6.45, 7) is 2.77. The molecular weight excluding hydrogens is 374 g/mol. The van der Waals surface area contributed by atoms with E-state index < -0.39 is 0 Å². The first-order chi connectivity index (χ1) is 14.6. The van der Waals surface area contributed by atoms with Crippen molar-refractivity contribution in [1.82, 2.24) is 14.9 Å². The van der Waals surface area contributed by atoms with E-state index in [0.29, 0.717) is 24.1 Å². The molecule has 0 aliphatic carbocycles. The van der Waals surface area contributed by atoms with Crippen LogP contribution in [0.5, 0.6) is 0 Å². The zero-order chi connectivity index (χ0) is 20.9. The zero-order valence-electron chi connectivity index (χ0n) is 16.8. The van der Waals surface area contributed by atoms with Gasteiger partial charge in [-0.3, -0.25) is 14.6 Å². The fraction of sp³-hybridized carbons (Fsp3) is 0.160. The number of nitrogens with one attached hydrogen (secondary N) is 1. The Labute approximate surface area is 175 Å². The number of benzene rings is 2. The van der Waals surface area contributed by atoms with Crippen LogP contribution in [0.2, 0.25) is 0 Å². The molecule has 0 radical (unpaired) electrons. The van der Waals surface area contributed by atoms with Crippen LogP contribution in [0.25, 0.3) is 10.9 Å². The molecule has 0 spiro atoms. The van der Waals surface area contributed by atoms with Crippen LogP contribution >= 0.6 is 0 Å². The Balaban J connectivity index is 1.65. The van der Waals surface area contributed by atoms with E-state index in [1.165, 1.54) is 0 Å². The molecule has 2 aromatic heterocycles. The maximum absolute atomic E-state index is 13.2. The van der Waals surface area contributed by atoms with Gasteiger partial charge >= 0.3 is 0 Å². The number of H-pyrrole nitrogens is 1. The third-order valence-electron chi connectivity index (χ3n) is 5.17. The zero-order valence-corrected chi connectivity index (χ0v) is 16.8. The van der Waals surface area contributed by atoms with Gasteiger partial charge in [0.1, 0.15) is 0 Å². The number of fused-ring (bicyclic) bond motifs is 1. The van der Waals surface area contributed by atoms with Crippen molar-refractivity contribution in [3.05, 3.63) is 112 Å². The number of pyridine rings is 2. The number of hydrogen-bond donors (Lipinski definition) is 1. The lowest BCUT2D eigenvalue weighted by molar-refractivity contribution is 0.0744. The van der Waals surface area contributed by atoms with Gasteiger partial charge < -0.3 is 9.88 Å². The number of aromatic amines is 1. The van der Waals surface area contributed by atoms with Crippen molar-refractivity contribution in [3.8, 4) is 0 Å². The molecule has 0 unspecified atom stereocenters. The summed E-state index contributed by atoms with van der Waals surface area (Å²) in [6.07, 6.45) is 3.92. The average molecular weight is 397 g/mol. The van der Waals surface area contributed by atoms with Crippen LogP contribution in [0, 0.1) is 6.92 Å². The number of carbonyl (C=O) groups is 1. The Morgan fingerprint density at radius 3 is 2.53 bits per heavy atom. The number of carbonyl (C=O) groups excluding carboxylic acids is 1. The summed E-state index contributed by atoms with van der Waals surface area (Å²) < 4.78 is 0. The van der Waals surface area contributed by atoms with Gasteiger partial charge in [0.2, 0.25) is 0 Å². The molecular formula is C25H23N3O2. The van der Waals surface area contributed by atoms with E-state index in [9.17, 15) is 9.59 Å². The molecule has 2 heterocycles. The van der Waals surface area contributed by atoms with Gasteiger partial charge in [-0.2, -0.15) is 0 Å². The molecule has 0 fully saturated rings. The van der Waals surface area contributed by atoms with Gasteiger partial charge in [0.25, 0.3) is 11.5 Å². The van der Waals surface area contributed by atoms with Crippen LogP contribution in [0.1, 0.15) is 27.0 Å². The second kappa shape index (κ2) is 8.74. The Kier molecular flexibility index (Phi) is 5.70. The highest BCUT2D eigenvalue weighted by molar-refractivity contribution is 5.94. The predicted molar refractivity (Wildman–Crippen MR) is 118 cm³/mol. The van der Waals surface area contributed by atoms with Crippen LogP contribution < -0.4 is 5.56 Å². The van der Waals surface area contributed by atoms with Crippen molar-refractivity contribution in [1.29, 1.82) is 0 Å². The predicted octanol–water partition coefficient (Wildman–Crippen LogP) is 4.12. The van der Waals surface area contributed by atoms with E-state index in [0.717, 1.165) is 22.0 Å². The number of amides is 1. The smallest absolute Gasteiger partial charge is 0.254 e. The number of nitrogens with zero attached hydrogens (tertiary/aromatic N) is 2. The molecule has 4 aromatic rings. The second-order valence-corrected chi connectivity index (χ2v) is 7.41. The molecule has 150 valence electrons. The maximum atomic E-state index is 13.2. The van der Waals surface area contributed by atoms with Gasteiger partial charge in [-0.05, 0) is 54.6 Å². The fourth-order valence-electron chi connectivity index (χ4n) is 3.53. The molecule has 0 saturated heterocycles. The molecule has 5 heteroatoms. The van der Waals surface area contributed by atoms with E-state index >= 15 is 0 Å². The Hall–Kier alpha value is -3.73. The van der Waals surface area contributed by atoms with Crippen LogP contribution in [0.15, 0.2) is 83.9 Å². The van der Waals surface area contributed by atoms with Crippen molar-refractivity contribution in [2.24, 2.45) is 0 Å². The molecule has 5 nitrogen and oxygen atoms in total. The average Bonchev–Trinajstić information content (AvgIpc) is 2.78. The number of rotatable bonds is 6. The molecule has 4 rings (SSSR count). The van der Waals surface area contributed by atoms with E-state index in [-0.39, 0.29) is 18.0 Å². The fourth-order valence-corrected chi connectivity index (χ4v) is 3.53. The van der Waals surface area contributed by atoms with E-state index in [2.05, 4.69) is 9.97 Å². The highest BCUT2D eigenvalue weighted by atomic mass is 16.2. The second-order valence-electron chi connectivity index (χ2n) is 7.41. The quantitative estimate of drug-likeness (QED) is 0.532. The lowest BCUT2D eigenvalue weighted by atomic mass is 10.1. The van der Waals surface area contributed by atoms with Crippen molar-refractivity contribution < 1.29 is 4.79 Å². The molecule has 1 N–H and O–H groups in total. The SMILES string of the molecule is Cc1ccc2[nH]c(=O)c(CN(CCc3ccccc3)C(=O)c3ccncc3)cc2c1. The van der Waals surface area contributed by atoms with Crippen LogP contribution in [0.3, 0.4) is 0 Å². The first kappa shape index (κ1) is 19.6. The topological polar surface area (TPSA) is 66.1 Å². The molecule has 30 heavy (non-hydrogen) atoms. The molecule has 0 bridgehead atoms. The summed E-state index contributed by atoms with van der Waals surface area (Å²) in [4.78, 5) is 34.5. The van der Waals surface area contributed by atoms with Crippen LogP contribution in [-0.2, 0) is 13.0 Å². The lowest BCUT2D eigenvalue weighted by Gasteiger charge is -2.23. The molecule has 2 aromatic carbocycles. The third kappa shape index (κ3) is 4.46. The summed E-state index contributed by atoms with van der Waals surface area (Å²) in [5.74, 6) is -0.114. The number of aryl methyl sites for hydroxylation is 1. The van der Waals surface area contributed by atoms with Crippen molar-refractivity contribution in [2.45, 2.75) is 19.9 Å². The van der Waals surface area contributed by atoms with Gasteiger partial charge in [-0.1, -0.05) is 42.0 Å². The molecule has 0 aliphatic heterocycles. The minimum absolute atomic E-state index is 0.114. The summed E-state index contributed by atoms with van der Waals surface area (Å²) in [5.41, 5.74) is 4.03. The molecule has 1 amide bonds. The third-order valence-corrected chi connectivity index (χ3v) is 5.17. The summed E-state index contributed by atoms with van der Waals surface area (Å²) in [6, 6.07) is 21.2. The number of hydrogen-bond acceptors (Lipinski definition) is 3. The van der Waals surface area contributed by atoms with E-state index in [4.69, 9.17) is 0 Å². The van der Waals surface area contributed by atoms with Gasteiger partial charge in [-0.15, -0.1) is 0 Å². The van der Waals surface area contributed by atoms with Crippen LogP contribution in [-0.4, -0.2) is 27.3 Å². The summed E-state index contributed by atoms with van der Waals surface area (Å²) in [7, 11) is 0. The monoisotopic (exact) mass is 397 g/mol. The largest absolute Gasteiger partial charge is 0.334 e.